The van der Waals surface area contributed by atoms with Gasteiger partial charge in [-0.2, -0.15) is 5.10 Å². The van der Waals surface area contributed by atoms with Crippen molar-refractivity contribution in [2.45, 2.75) is 0 Å². The molecule has 48 valence electrons. The Kier molecular flexibility index (Phi) is 1.64. The minimum atomic E-state index is 0.274. The lowest BCUT2D eigenvalue weighted by atomic mass is 10.5. The first-order valence-corrected chi connectivity index (χ1v) is 3.21. The van der Waals surface area contributed by atoms with Crippen molar-refractivity contribution in [1.29, 1.82) is 0 Å². The molecule has 1 aromatic heterocycles. The molecule has 1 heterocycles. The highest BCUT2D eigenvalue weighted by Crippen LogP contribution is 1.98. The molecule has 9 heavy (non-hydrogen) atoms. The first-order valence-electron chi connectivity index (χ1n) is 2.26. The topological polar surface area (TPSA) is 77.3 Å². The zero-order valence-corrected chi connectivity index (χ0v) is 5.43. The average molecular weight is 142 g/mol. The van der Waals surface area contributed by atoms with Gasteiger partial charge in [0.05, 0.1) is 5.51 Å². The molecule has 0 unspecified atom stereocenters. The Morgan fingerprint density at radius 2 is 2.56 bits per heavy atom. The highest BCUT2D eigenvalue weighted by molar-refractivity contribution is 7.07. The van der Waals surface area contributed by atoms with Crippen molar-refractivity contribution in [3.05, 3.63) is 16.6 Å². The summed E-state index contributed by atoms with van der Waals surface area (Å²) in [4.78, 5) is 3.87. The van der Waals surface area contributed by atoms with E-state index < -0.39 is 0 Å². The predicted molar refractivity (Wildman–Crippen MR) is 37.0 cm³/mol. The summed E-state index contributed by atoms with van der Waals surface area (Å²) < 4.78 is 0. The van der Waals surface area contributed by atoms with Crippen molar-refractivity contribution in [3.8, 4) is 0 Å². The van der Waals surface area contributed by atoms with Crippen LogP contribution in [-0.2, 0) is 0 Å². The van der Waals surface area contributed by atoms with Crippen molar-refractivity contribution in [2.75, 3.05) is 0 Å². The normalized spacial score (nSPS) is 11.8. The smallest absolute Gasteiger partial charge is 0.169 e. The standard InChI is InChI=1S/C4H6N4S/c5-4(8-6)3-1-9-2-7-3/h1-2H,6H2,(H2,5,8). The van der Waals surface area contributed by atoms with Crippen LogP contribution in [0.25, 0.3) is 0 Å². The summed E-state index contributed by atoms with van der Waals surface area (Å²) in [6.45, 7) is 0. The van der Waals surface area contributed by atoms with E-state index in [4.69, 9.17) is 11.6 Å². The number of nitrogens with two attached hydrogens (primary N) is 2. The van der Waals surface area contributed by atoms with Gasteiger partial charge in [0.2, 0.25) is 0 Å². The van der Waals surface area contributed by atoms with Gasteiger partial charge in [0.15, 0.2) is 5.84 Å². The fourth-order valence-corrected chi connectivity index (χ4v) is 0.951. The second-order valence-electron chi connectivity index (χ2n) is 1.39. The van der Waals surface area contributed by atoms with Crippen LogP contribution in [0.1, 0.15) is 5.69 Å². The highest BCUT2D eigenvalue weighted by atomic mass is 32.1. The van der Waals surface area contributed by atoms with Gasteiger partial charge in [0.25, 0.3) is 0 Å². The largest absolute Gasteiger partial charge is 0.380 e. The van der Waals surface area contributed by atoms with Crippen LogP contribution in [0.5, 0.6) is 0 Å². The molecule has 1 rings (SSSR count). The van der Waals surface area contributed by atoms with Gasteiger partial charge in [0.1, 0.15) is 5.69 Å². The maximum Gasteiger partial charge on any atom is 0.169 e. The van der Waals surface area contributed by atoms with Crippen LogP contribution < -0.4 is 11.6 Å². The van der Waals surface area contributed by atoms with E-state index in [0.717, 1.165) is 0 Å². The minimum Gasteiger partial charge on any atom is -0.380 e. The van der Waals surface area contributed by atoms with Gasteiger partial charge in [0, 0.05) is 5.38 Å². The van der Waals surface area contributed by atoms with Crippen LogP contribution in [0.3, 0.4) is 0 Å². The summed E-state index contributed by atoms with van der Waals surface area (Å²) in [5.74, 6) is 5.17. The number of hydrazone groups is 1. The van der Waals surface area contributed by atoms with E-state index in [1.165, 1.54) is 11.3 Å². The Bertz CT molecular complexity index is 202. The van der Waals surface area contributed by atoms with E-state index in [0.29, 0.717) is 5.69 Å². The summed E-state index contributed by atoms with van der Waals surface area (Å²) in [5.41, 5.74) is 7.62. The maximum absolute atomic E-state index is 5.31. The first-order chi connectivity index (χ1) is 4.34. The maximum atomic E-state index is 5.31. The minimum absolute atomic E-state index is 0.274. The van der Waals surface area contributed by atoms with Crippen molar-refractivity contribution in [1.82, 2.24) is 4.98 Å². The zero-order valence-electron chi connectivity index (χ0n) is 4.61. The molecule has 0 spiro atoms. The van der Waals surface area contributed by atoms with Crippen molar-refractivity contribution in [3.63, 3.8) is 0 Å². The molecule has 0 amide bonds. The Hall–Kier alpha value is -1.10. The van der Waals surface area contributed by atoms with Crippen LogP contribution >= 0.6 is 11.3 Å². The molecule has 0 aromatic carbocycles. The molecule has 0 atom stereocenters. The summed E-state index contributed by atoms with van der Waals surface area (Å²) in [6.07, 6.45) is 0. The van der Waals surface area contributed by atoms with Crippen LogP contribution in [0, 0.1) is 0 Å². The summed E-state index contributed by atoms with van der Waals surface area (Å²) in [5, 5.41) is 5.05. The number of rotatable bonds is 1. The van der Waals surface area contributed by atoms with E-state index in [9.17, 15) is 0 Å². The van der Waals surface area contributed by atoms with Crippen LogP contribution in [0.2, 0.25) is 0 Å². The fourth-order valence-electron chi connectivity index (χ4n) is 0.405. The fraction of sp³-hybridized carbons (Fsp3) is 0. The Balaban J connectivity index is 2.90. The van der Waals surface area contributed by atoms with E-state index in [1.807, 2.05) is 0 Å². The van der Waals surface area contributed by atoms with Crippen molar-refractivity contribution >= 4 is 17.2 Å². The Morgan fingerprint density at radius 3 is 3.00 bits per heavy atom. The molecule has 0 aliphatic rings. The molecule has 4 nitrogen and oxygen atoms in total. The van der Waals surface area contributed by atoms with Gasteiger partial charge in [-0.3, -0.25) is 0 Å². The summed E-state index contributed by atoms with van der Waals surface area (Å²) >= 11 is 1.46. The molecule has 5 heteroatoms. The third-order valence-electron chi connectivity index (χ3n) is 0.834. The molecule has 0 radical (unpaired) electrons. The monoisotopic (exact) mass is 142 g/mol. The van der Waals surface area contributed by atoms with Crippen LogP contribution in [0.4, 0.5) is 0 Å². The second-order valence-corrected chi connectivity index (χ2v) is 2.11. The van der Waals surface area contributed by atoms with Crippen molar-refractivity contribution in [2.24, 2.45) is 16.7 Å². The molecular weight excluding hydrogens is 136 g/mol. The summed E-state index contributed by atoms with van der Waals surface area (Å²) in [6, 6.07) is 0. The van der Waals surface area contributed by atoms with Gasteiger partial charge in [-0.05, 0) is 0 Å². The van der Waals surface area contributed by atoms with Gasteiger partial charge in [-0.15, -0.1) is 11.3 Å². The quantitative estimate of drug-likeness (QED) is 0.245. The third kappa shape index (κ3) is 1.17. The van der Waals surface area contributed by atoms with Crippen LogP contribution in [-0.4, -0.2) is 10.8 Å². The van der Waals surface area contributed by atoms with E-state index in [2.05, 4.69) is 10.1 Å². The zero-order chi connectivity index (χ0) is 6.69. The number of hydrogen-bond acceptors (Lipinski definition) is 4. The Labute approximate surface area is 56.2 Å². The molecule has 0 fully saturated rings. The van der Waals surface area contributed by atoms with Crippen molar-refractivity contribution < 1.29 is 0 Å². The van der Waals surface area contributed by atoms with Crippen LogP contribution in [0.15, 0.2) is 16.0 Å². The number of aromatic nitrogens is 1. The summed E-state index contributed by atoms with van der Waals surface area (Å²) in [7, 11) is 0. The predicted octanol–water partition coefficient (Wildman–Crippen LogP) is -0.278. The van der Waals surface area contributed by atoms with E-state index in [1.54, 1.807) is 10.9 Å². The van der Waals surface area contributed by atoms with Gasteiger partial charge < -0.3 is 11.6 Å². The number of hydrogen-bond donors (Lipinski definition) is 2. The molecule has 1 aromatic rings. The lowest BCUT2D eigenvalue weighted by Crippen LogP contribution is -2.15. The number of thiazole rings is 1. The molecule has 0 saturated carbocycles. The van der Waals surface area contributed by atoms with E-state index >= 15 is 0 Å². The molecule has 4 N–H and O–H groups in total. The number of amidine groups is 1. The van der Waals surface area contributed by atoms with E-state index in [-0.39, 0.29) is 5.84 Å². The third-order valence-corrected chi connectivity index (χ3v) is 1.42. The average Bonchev–Trinajstić information content (AvgIpc) is 2.37. The Morgan fingerprint density at radius 1 is 1.78 bits per heavy atom. The molecule has 0 aliphatic heterocycles. The first kappa shape index (κ1) is 6.03. The van der Waals surface area contributed by atoms with Gasteiger partial charge in [-0.25, -0.2) is 4.98 Å². The second kappa shape index (κ2) is 2.45. The molecule has 0 aliphatic carbocycles. The highest BCUT2D eigenvalue weighted by Gasteiger charge is 1.96. The molecule has 0 bridgehead atoms. The number of nitrogens with zero attached hydrogens (tertiary/aromatic N) is 2. The lowest BCUT2D eigenvalue weighted by Gasteiger charge is -1.87. The molecule has 0 saturated heterocycles. The van der Waals surface area contributed by atoms with Gasteiger partial charge in [-0.1, -0.05) is 0 Å². The molecular formula is C4H6N4S. The van der Waals surface area contributed by atoms with Gasteiger partial charge >= 0.3 is 0 Å². The lowest BCUT2D eigenvalue weighted by molar-refractivity contribution is 1.21. The SMILES string of the molecule is NN=C(N)c1cscn1.